The van der Waals surface area contributed by atoms with Crippen molar-refractivity contribution in [1.29, 1.82) is 0 Å². The highest BCUT2D eigenvalue weighted by Crippen LogP contribution is 2.29. The van der Waals surface area contributed by atoms with Gasteiger partial charge in [0.25, 0.3) is 0 Å². The summed E-state index contributed by atoms with van der Waals surface area (Å²) in [5, 5.41) is 2.88. The first-order valence-corrected chi connectivity index (χ1v) is 9.33. The molecule has 1 N–H and O–H groups in total. The highest BCUT2D eigenvalue weighted by atomic mass is 16.5. The minimum atomic E-state index is -0.472. The molecule has 2 amide bonds. The van der Waals surface area contributed by atoms with Gasteiger partial charge in [-0.1, -0.05) is 24.3 Å². The molecule has 0 aliphatic carbocycles. The van der Waals surface area contributed by atoms with Crippen molar-refractivity contribution in [2.45, 2.75) is 33.3 Å². The lowest BCUT2D eigenvalue weighted by Gasteiger charge is -2.18. The van der Waals surface area contributed by atoms with E-state index in [1.165, 1.54) is 6.92 Å². The van der Waals surface area contributed by atoms with Gasteiger partial charge in [-0.2, -0.15) is 0 Å². The van der Waals surface area contributed by atoms with Crippen molar-refractivity contribution in [2.75, 3.05) is 16.8 Å². The van der Waals surface area contributed by atoms with E-state index in [0.717, 1.165) is 0 Å². The van der Waals surface area contributed by atoms with Crippen molar-refractivity contribution in [2.24, 2.45) is 5.92 Å². The summed E-state index contributed by atoms with van der Waals surface area (Å²) in [5.41, 5.74) is 1.76. The van der Waals surface area contributed by atoms with E-state index in [9.17, 15) is 14.4 Å². The number of rotatable bonds is 6. The third-order valence-electron chi connectivity index (χ3n) is 4.57. The average molecular weight is 380 g/mol. The number of carbonyl (C=O) groups excluding carboxylic acids is 3. The van der Waals surface area contributed by atoms with E-state index in [1.54, 1.807) is 41.3 Å². The normalized spacial score (nSPS) is 16.4. The fourth-order valence-corrected chi connectivity index (χ4v) is 3.19. The summed E-state index contributed by atoms with van der Waals surface area (Å²) in [5.74, 6) is -0.294. The second-order valence-corrected chi connectivity index (χ2v) is 7.16. The zero-order valence-corrected chi connectivity index (χ0v) is 16.3. The molecule has 2 aromatic rings. The molecule has 1 atom stereocenters. The summed E-state index contributed by atoms with van der Waals surface area (Å²) >= 11 is 0. The molecular formula is C22H24N2O4. The molecule has 3 rings (SSSR count). The molecule has 0 aromatic heterocycles. The summed E-state index contributed by atoms with van der Waals surface area (Å²) < 4.78 is 5.73. The Morgan fingerprint density at radius 3 is 2.61 bits per heavy atom. The number of nitrogens with zero attached hydrogens (tertiary/aromatic N) is 1. The molecule has 2 aromatic carbocycles. The van der Waals surface area contributed by atoms with E-state index in [0.29, 0.717) is 22.7 Å². The van der Waals surface area contributed by atoms with Crippen LogP contribution in [0.2, 0.25) is 0 Å². The molecule has 0 bridgehead atoms. The van der Waals surface area contributed by atoms with Crippen LogP contribution in [-0.2, 0) is 9.59 Å². The van der Waals surface area contributed by atoms with Crippen LogP contribution in [0.3, 0.4) is 0 Å². The van der Waals surface area contributed by atoms with Gasteiger partial charge in [0.15, 0.2) is 5.78 Å². The van der Waals surface area contributed by atoms with Crippen molar-refractivity contribution in [3.05, 3.63) is 54.1 Å². The van der Waals surface area contributed by atoms with Gasteiger partial charge in [0.1, 0.15) is 5.75 Å². The summed E-state index contributed by atoms with van der Waals surface area (Å²) in [4.78, 5) is 38.4. The first-order chi connectivity index (χ1) is 13.3. The number of nitrogens with one attached hydrogen (secondary N) is 1. The molecule has 28 heavy (non-hydrogen) atoms. The van der Waals surface area contributed by atoms with Gasteiger partial charge in [0, 0.05) is 24.2 Å². The second kappa shape index (κ2) is 8.25. The molecule has 1 heterocycles. The zero-order chi connectivity index (χ0) is 20.3. The Labute approximate surface area is 164 Å². The number of carbonyl (C=O) groups is 3. The predicted molar refractivity (Wildman–Crippen MR) is 108 cm³/mol. The first-order valence-electron chi connectivity index (χ1n) is 9.33. The molecule has 0 saturated carbocycles. The lowest BCUT2D eigenvalue weighted by atomic mass is 10.1. The van der Waals surface area contributed by atoms with Crippen molar-refractivity contribution in [3.8, 4) is 5.75 Å². The Balaban J connectivity index is 1.73. The monoisotopic (exact) mass is 380 g/mol. The molecule has 1 unspecified atom stereocenters. The fourth-order valence-electron chi connectivity index (χ4n) is 3.19. The SMILES string of the molecule is CC(=O)c1cccc(N2CC(C(=O)Nc3ccccc3OC(C)C)CC2=O)c1. The van der Waals surface area contributed by atoms with Crippen molar-refractivity contribution in [1.82, 2.24) is 0 Å². The summed E-state index contributed by atoms with van der Waals surface area (Å²) in [6, 6.07) is 14.2. The number of ketones is 1. The van der Waals surface area contributed by atoms with Gasteiger partial charge in [-0.05, 0) is 45.0 Å². The Morgan fingerprint density at radius 2 is 1.89 bits per heavy atom. The Morgan fingerprint density at radius 1 is 1.14 bits per heavy atom. The van der Waals surface area contributed by atoms with Crippen LogP contribution in [0.5, 0.6) is 5.75 Å². The van der Waals surface area contributed by atoms with Gasteiger partial charge in [-0.25, -0.2) is 0 Å². The number of hydrogen-bond acceptors (Lipinski definition) is 4. The number of hydrogen-bond donors (Lipinski definition) is 1. The summed E-state index contributed by atoms with van der Waals surface area (Å²) in [7, 11) is 0. The topological polar surface area (TPSA) is 75.7 Å². The third-order valence-corrected chi connectivity index (χ3v) is 4.57. The number of ether oxygens (including phenoxy) is 1. The molecule has 1 aliphatic rings. The van der Waals surface area contributed by atoms with E-state index in [2.05, 4.69) is 5.32 Å². The minimum Gasteiger partial charge on any atom is -0.489 e. The van der Waals surface area contributed by atoms with Gasteiger partial charge >= 0.3 is 0 Å². The average Bonchev–Trinajstić information content (AvgIpc) is 3.05. The molecule has 1 saturated heterocycles. The lowest BCUT2D eigenvalue weighted by molar-refractivity contribution is -0.122. The maximum Gasteiger partial charge on any atom is 0.229 e. The highest BCUT2D eigenvalue weighted by Gasteiger charge is 2.35. The second-order valence-electron chi connectivity index (χ2n) is 7.16. The van der Waals surface area contributed by atoms with Gasteiger partial charge in [0.05, 0.1) is 17.7 Å². The molecule has 1 fully saturated rings. The van der Waals surface area contributed by atoms with Gasteiger partial charge in [-0.3, -0.25) is 14.4 Å². The molecule has 6 nitrogen and oxygen atoms in total. The standard InChI is InChI=1S/C22H24N2O4/c1-14(2)28-20-10-5-4-9-19(20)23-22(27)17-12-21(26)24(13-17)18-8-6-7-16(11-18)15(3)25/h4-11,14,17H,12-13H2,1-3H3,(H,23,27). The van der Waals surface area contributed by atoms with Crippen LogP contribution in [-0.4, -0.2) is 30.2 Å². The largest absolute Gasteiger partial charge is 0.489 e. The van der Waals surface area contributed by atoms with Crippen LogP contribution in [0, 0.1) is 5.92 Å². The van der Waals surface area contributed by atoms with Gasteiger partial charge < -0.3 is 15.0 Å². The number of para-hydroxylation sites is 2. The Bertz CT molecular complexity index is 907. The quantitative estimate of drug-likeness (QED) is 0.776. The third kappa shape index (κ3) is 4.39. The highest BCUT2D eigenvalue weighted by molar-refractivity contribution is 6.04. The Hall–Kier alpha value is -3.15. The van der Waals surface area contributed by atoms with Crippen LogP contribution >= 0.6 is 0 Å². The van der Waals surface area contributed by atoms with Crippen molar-refractivity contribution >= 4 is 29.0 Å². The lowest BCUT2D eigenvalue weighted by Crippen LogP contribution is -2.28. The van der Waals surface area contributed by atoms with Crippen LogP contribution < -0.4 is 15.0 Å². The molecule has 1 aliphatic heterocycles. The summed E-state index contributed by atoms with van der Waals surface area (Å²) in [6.45, 7) is 5.60. The molecule has 0 spiro atoms. The van der Waals surface area contributed by atoms with Crippen LogP contribution in [0.25, 0.3) is 0 Å². The van der Waals surface area contributed by atoms with E-state index in [4.69, 9.17) is 4.74 Å². The smallest absolute Gasteiger partial charge is 0.229 e. The Kier molecular flexibility index (Phi) is 5.78. The molecular weight excluding hydrogens is 356 g/mol. The van der Waals surface area contributed by atoms with E-state index in [-0.39, 0.29) is 36.7 Å². The van der Waals surface area contributed by atoms with Crippen LogP contribution in [0.4, 0.5) is 11.4 Å². The minimum absolute atomic E-state index is 0.0184. The fraction of sp³-hybridized carbons (Fsp3) is 0.318. The maximum absolute atomic E-state index is 12.8. The van der Waals surface area contributed by atoms with Crippen molar-refractivity contribution < 1.29 is 19.1 Å². The number of Topliss-reactive ketones (excluding diaryl/α,β-unsaturated/α-hetero) is 1. The number of benzene rings is 2. The van der Waals surface area contributed by atoms with Gasteiger partial charge in [-0.15, -0.1) is 0 Å². The molecule has 146 valence electrons. The van der Waals surface area contributed by atoms with Crippen LogP contribution in [0.15, 0.2) is 48.5 Å². The molecule has 0 radical (unpaired) electrons. The predicted octanol–water partition coefficient (Wildman–Crippen LogP) is 3.67. The maximum atomic E-state index is 12.8. The summed E-state index contributed by atoms with van der Waals surface area (Å²) in [6.07, 6.45) is 0.110. The van der Waals surface area contributed by atoms with Gasteiger partial charge in [0.2, 0.25) is 11.8 Å². The zero-order valence-electron chi connectivity index (χ0n) is 16.3. The van der Waals surface area contributed by atoms with E-state index in [1.807, 2.05) is 26.0 Å². The van der Waals surface area contributed by atoms with Crippen LogP contribution in [0.1, 0.15) is 37.6 Å². The number of amides is 2. The number of anilines is 2. The van der Waals surface area contributed by atoms with E-state index >= 15 is 0 Å². The first kappa shape index (κ1) is 19.6. The van der Waals surface area contributed by atoms with Crippen molar-refractivity contribution in [3.63, 3.8) is 0 Å². The van der Waals surface area contributed by atoms with E-state index < -0.39 is 5.92 Å². The molecule has 6 heteroatoms.